The number of benzene rings is 2. The number of ether oxygens (including phenoxy) is 1. The minimum atomic E-state index is -2.91. The summed E-state index contributed by atoms with van der Waals surface area (Å²) in [4.78, 5) is 30.0. The fourth-order valence-corrected chi connectivity index (χ4v) is 6.71. The number of guanidine groups is 1. The molecule has 258 valence electrons. The van der Waals surface area contributed by atoms with Crippen LogP contribution in [-0.2, 0) is 10.3 Å². The third-order valence-electron chi connectivity index (χ3n) is 8.94. The van der Waals surface area contributed by atoms with E-state index in [-0.39, 0.29) is 18.0 Å². The highest BCUT2D eigenvalue weighted by Gasteiger charge is 2.48. The normalized spacial score (nSPS) is 21.4. The second-order valence-electron chi connectivity index (χ2n) is 14.3. The Kier molecular flexibility index (Phi) is 9.41. The molecular formula is C37H42ClF2N7O2. The quantitative estimate of drug-likeness (QED) is 0.221. The lowest BCUT2D eigenvalue weighted by molar-refractivity contribution is -0.120. The first-order valence-electron chi connectivity index (χ1n) is 16.4. The van der Waals surface area contributed by atoms with Gasteiger partial charge >= 0.3 is 6.09 Å². The van der Waals surface area contributed by atoms with Gasteiger partial charge in [0.2, 0.25) is 0 Å². The second kappa shape index (κ2) is 13.4. The Morgan fingerprint density at radius 2 is 1.86 bits per heavy atom. The van der Waals surface area contributed by atoms with Gasteiger partial charge in [0.1, 0.15) is 12.1 Å². The number of hydrogen-bond donors (Lipinski definition) is 2. The molecular weight excluding hydrogens is 648 g/mol. The Labute approximate surface area is 290 Å². The van der Waals surface area contributed by atoms with Crippen LogP contribution >= 0.6 is 11.6 Å². The molecule has 2 fully saturated rings. The van der Waals surface area contributed by atoms with Crippen LogP contribution in [-0.4, -0.2) is 71.3 Å². The molecule has 0 bridgehead atoms. The number of aromatic nitrogens is 1. The highest BCUT2D eigenvalue weighted by atomic mass is 35.5. The van der Waals surface area contributed by atoms with Crippen molar-refractivity contribution >= 4 is 35.4 Å². The SMILES string of the molecule is CC(C)(C)C[C@@]1(c2ccc(C(C=NC3CC3)=CN)cc2)CN([C@H](COC(=O)N2CC(F)(F)C2)c2ccc(Cl)c(-c3ccccn3)c2)C(N)=N1. The second-order valence-corrected chi connectivity index (χ2v) is 14.7. The summed E-state index contributed by atoms with van der Waals surface area (Å²) in [7, 11) is 0. The number of nitrogens with two attached hydrogens (primary N) is 2. The van der Waals surface area contributed by atoms with Gasteiger partial charge in [-0.2, -0.15) is 0 Å². The van der Waals surface area contributed by atoms with Crippen molar-refractivity contribution in [3.8, 4) is 11.3 Å². The molecule has 1 saturated heterocycles. The highest BCUT2D eigenvalue weighted by molar-refractivity contribution is 6.33. The topological polar surface area (TPSA) is 122 Å². The van der Waals surface area contributed by atoms with Gasteiger partial charge in [0.25, 0.3) is 5.92 Å². The fraction of sp³-hybridized carbons (Fsp3) is 0.405. The van der Waals surface area contributed by atoms with E-state index in [1.807, 2.05) is 53.6 Å². The molecule has 3 aliphatic rings. The van der Waals surface area contributed by atoms with Gasteiger partial charge in [-0.25, -0.2) is 18.6 Å². The molecule has 3 heterocycles. The number of halogens is 3. The lowest BCUT2D eigenvalue weighted by atomic mass is 9.76. The van der Waals surface area contributed by atoms with E-state index in [0.717, 1.165) is 40.0 Å². The molecule has 0 unspecified atom stereocenters. The predicted octanol–water partition coefficient (Wildman–Crippen LogP) is 7.03. The van der Waals surface area contributed by atoms with Crippen LogP contribution in [0.25, 0.3) is 16.8 Å². The Balaban J connectivity index is 1.34. The molecule has 4 N–H and O–H groups in total. The van der Waals surface area contributed by atoms with Gasteiger partial charge in [-0.3, -0.25) is 14.9 Å². The van der Waals surface area contributed by atoms with Gasteiger partial charge in [0, 0.05) is 34.8 Å². The van der Waals surface area contributed by atoms with Gasteiger partial charge in [-0.15, -0.1) is 0 Å². The Hall–Kier alpha value is -4.51. The smallest absolute Gasteiger partial charge is 0.410 e. The lowest BCUT2D eigenvalue weighted by Crippen LogP contribution is -2.58. The van der Waals surface area contributed by atoms with Gasteiger partial charge < -0.3 is 21.1 Å². The average Bonchev–Trinajstić information content (AvgIpc) is 3.82. The molecule has 6 rings (SSSR count). The van der Waals surface area contributed by atoms with E-state index in [1.54, 1.807) is 18.5 Å². The lowest BCUT2D eigenvalue weighted by Gasteiger charge is -2.39. The zero-order chi connectivity index (χ0) is 35.0. The van der Waals surface area contributed by atoms with E-state index in [0.29, 0.717) is 35.3 Å². The summed E-state index contributed by atoms with van der Waals surface area (Å²) in [6.45, 7) is 5.34. The van der Waals surface area contributed by atoms with Gasteiger partial charge in [0.05, 0.1) is 37.4 Å². The number of carbonyl (C=O) groups excluding carboxylic acids is 1. The van der Waals surface area contributed by atoms with Crippen LogP contribution < -0.4 is 11.5 Å². The fourth-order valence-electron chi connectivity index (χ4n) is 6.50. The van der Waals surface area contributed by atoms with Crippen molar-refractivity contribution in [3.63, 3.8) is 0 Å². The third kappa shape index (κ3) is 7.88. The van der Waals surface area contributed by atoms with E-state index in [2.05, 4.69) is 42.9 Å². The molecule has 2 aliphatic heterocycles. The molecule has 0 spiro atoms. The van der Waals surface area contributed by atoms with Gasteiger partial charge in [-0.1, -0.05) is 68.8 Å². The van der Waals surface area contributed by atoms with Gasteiger partial charge in [0.15, 0.2) is 5.96 Å². The maximum absolute atomic E-state index is 13.6. The van der Waals surface area contributed by atoms with Crippen molar-refractivity contribution in [1.29, 1.82) is 0 Å². The molecule has 2 aromatic carbocycles. The molecule has 49 heavy (non-hydrogen) atoms. The number of hydrogen-bond acceptors (Lipinski definition) is 8. The number of carbonyl (C=O) groups is 1. The number of allylic oxidation sites excluding steroid dienone is 1. The molecule has 9 nitrogen and oxygen atoms in total. The molecule has 1 aliphatic carbocycles. The zero-order valence-corrected chi connectivity index (χ0v) is 28.7. The predicted molar refractivity (Wildman–Crippen MR) is 189 cm³/mol. The maximum atomic E-state index is 13.6. The molecule has 2 atom stereocenters. The van der Waals surface area contributed by atoms with E-state index >= 15 is 0 Å². The van der Waals surface area contributed by atoms with Crippen LogP contribution in [0.15, 0.2) is 83.0 Å². The van der Waals surface area contributed by atoms with Crippen molar-refractivity contribution < 1.29 is 18.3 Å². The summed E-state index contributed by atoms with van der Waals surface area (Å²) in [5.41, 5.74) is 16.7. The number of amides is 1. The van der Waals surface area contributed by atoms with E-state index in [9.17, 15) is 13.6 Å². The summed E-state index contributed by atoms with van der Waals surface area (Å²) in [5, 5.41) is 0.499. The van der Waals surface area contributed by atoms with Gasteiger partial charge in [-0.05, 0) is 65.6 Å². The summed E-state index contributed by atoms with van der Waals surface area (Å²) in [5.74, 6) is -2.64. The Bertz CT molecular complexity index is 1760. The number of pyridine rings is 1. The number of rotatable bonds is 10. The number of alkyl halides is 2. The molecule has 1 aromatic heterocycles. The molecule has 12 heteroatoms. The summed E-state index contributed by atoms with van der Waals surface area (Å²) < 4.78 is 32.8. The number of aliphatic imine (C=N–C) groups is 2. The number of likely N-dealkylation sites (tertiary alicyclic amines) is 1. The largest absolute Gasteiger partial charge is 0.447 e. The van der Waals surface area contributed by atoms with Crippen LogP contribution in [0, 0.1) is 5.41 Å². The van der Waals surface area contributed by atoms with Crippen molar-refractivity contribution in [3.05, 3.63) is 94.8 Å². The van der Waals surface area contributed by atoms with Crippen molar-refractivity contribution in [2.45, 2.75) is 63.6 Å². The maximum Gasteiger partial charge on any atom is 0.410 e. The van der Waals surface area contributed by atoms with Crippen LogP contribution in [0.1, 0.15) is 62.8 Å². The molecule has 0 radical (unpaired) electrons. The zero-order valence-electron chi connectivity index (χ0n) is 28.0. The van der Waals surface area contributed by atoms with Crippen LogP contribution in [0.3, 0.4) is 0 Å². The van der Waals surface area contributed by atoms with E-state index < -0.39 is 36.7 Å². The monoisotopic (exact) mass is 689 g/mol. The molecule has 1 saturated carbocycles. The first kappa shape index (κ1) is 34.4. The summed E-state index contributed by atoms with van der Waals surface area (Å²) in [6, 6.07) is 19.0. The van der Waals surface area contributed by atoms with Crippen molar-refractivity contribution in [2.75, 3.05) is 26.2 Å². The standard InChI is InChI=1S/C37H42ClF2N7O2/c1-35(2,3)20-36(27-10-7-24(8-11-27)26(17-41)18-44-28-12-13-28)21-47(33(42)45-36)32(19-49-34(48)46-22-37(39,40)23-46)25-9-14-30(38)29(16-25)31-6-4-5-15-43-31/h4-11,14-18,28,32H,12-13,19-23,41H2,1-3H3,(H2,42,45)/t32-,36+/m1/s1. The summed E-state index contributed by atoms with van der Waals surface area (Å²) in [6.07, 6.45) is 7.15. The van der Waals surface area contributed by atoms with Crippen LogP contribution in [0.2, 0.25) is 5.02 Å². The van der Waals surface area contributed by atoms with Crippen molar-refractivity contribution in [2.24, 2.45) is 26.9 Å². The highest BCUT2D eigenvalue weighted by Crippen LogP contribution is 2.44. The van der Waals surface area contributed by atoms with E-state index in [1.165, 1.54) is 0 Å². The molecule has 1 amide bonds. The average molecular weight is 690 g/mol. The minimum absolute atomic E-state index is 0.144. The van der Waals surface area contributed by atoms with Crippen LogP contribution in [0.4, 0.5) is 13.6 Å². The summed E-state index contributed by atoms with van der Waals surface area (Å²) >= 11 is 6.64. The van der Waals surface area contributed by atoms with Crippen LogP contribution in [0.5, 0.6) is 0 Å². The first-order valence-corrected chi connectivity index (χ1v) is 16.8. The third-order valence-corrected chi connectivity index (χ3v) is 9.27. The first-order chi connectivity index (χ1) is 23.3. The molecule has 3 aromatic rings. The number of nitrogens with zero attached hydrogens (tertiary/aromatic N) is 5. The van der Waals surface area contributed by atoms with Crippen molar-refractivity contribution in [1.82, 2.24) is 14.8 Å². The Morgan fingerprint density at radius 1 is 1.12 bits per heavy atom. The van der Waals surface area contributed by atoms with E-state index in [4.69, 9.17) is 32.8 Å². The Morgan fingerprint density at radius 3 is 2.47 bits per heavy atom. The minimum Gasteiger partial charge on any atom is -0.447 e.